The van der Waals surface area contributed by atoms with Crippen LogP contribution in [0.1, 0.15) is 58.8 Å². The van der Waals surface area contributed by atoms with Crippen LogP contribution in [0.2, 0.25) is 0 Å². The van der Waals surface area contributed by atoms with Crippen LogP contribution in [0.15, 0.2) is 0 Å². The maximum absolute atomic E-state index is 3.76. The topological polar surface area (TPSA) is 15.3 Å². The number of nitrogens with zero attached hydrogens (tertiary/aromatic N) is 1. The average molecular weight is 252 g/mol. The van der Waals surface area contributed by atoms with Gasteiger partial charge in [0.05, 0.1) is 0 Å². The van der Waals surface area contributed by atoms with Crippen molar-refractivity contribution in [3.8, 4) is 0 Å². The van der Waals surface area contributed by atoms with Gasteiger partial charge >= 0.3 is 0 Å². The zero-order valence-electron chi connectivity index (χ0n) is 12.5. The minimum Gasteiger partial charge on any atom is -0.313 e. The zero-order chi connectivity index (χ0) is 12.8. The highest BCUT2D eigenvalue weighted by molar-refractivity contribution is 4.85. The Morgan fingerprint density at radius 2 is 1.89 bits per heavy atom. The summed E-state index contributed by atoms with van der Waals surface area (Å²) in [5.74, 6) is 1.97. The number of hydrogen-bond donors (Lipinski definition) is 1. The van der Waals surface area contributed by atoms with Gasteiger partial charge in [-0.15, -0.1) is 0 Å². The molecule has 1 N–H and O–H groups in total. The summed E-state index contributed by atoms with van der Waals surface area (Å²) in [6.45, 7) is 9.85. The molecule has 1 saturated carbocycles. The quantitative estimate of drug-likeness (QED) is 0.748. The number of nitrogens with one attached hydrogen (secondary N) is 1. The molecule has 106 valence electrons. The highest BCUT2D eigenvalue weighted by atomic mass is 15.2. The molecule has 0 aromatic rings. The Kier molecular flexibility index (Phi) is 5.97. The van der Waals surface area contributed by atoms with Crippen molar-refractivity contribution in [1.82, 2.24) is 10.2 Å². The summed E-state index contributed by atoms with van der Waals surface area (Å²) in [7, 11) is 0. The van der Waals surface area contributed by atoms with Crippen LogP contribution in [0.25, 0.3) is 0 Å². The van der Waals surface area contributed by atoms with Gasteiger partial charge in [0.25, 0.3) is 0 Å². The third kappa shape index (κ3) is 4.24. The molecule has 2 heteroatoms. The Bertz CT molecular complexity index is 225. The molecule has 2 aliphatic rings. The molecule has 0 amide bonds. The summed E-state index contributed by atoms with van der Waals surface area (Å²) in [6, 6.07) is 0.760. The lowest BCUT2D eigenvalue weighted by Gasteiger charge is -2.41. The normalized spacial score (nSPS) is 30.3. The van der Waals surface area contributed by atoms with Crippen LogP contribution in [0.3, 0.4) is 0 Å². The van der Waals surface area contributed by atoms with E-state index in [1.54, 1.807) is 0 Å². The van der Waals surface area contributed by atoms with Crippen molar-refractivity contribution >= 4 is 0 Å². The van der Waals surface area contributed by atoms with Crippen LogP contribution in [0, 0.1) is 11.8 Å². The highest BCUT2D eigenvalue weighted by Gasteiger charge is 2.29. The molecule has 18 heavy (non-hydrogen) atoms. The van der Waals surface area contributed by atoms with Crippen LogP contribution in [0.5, 0.6) is 0 Å². The largest absolute Gasteiger partial charge is 0.313 e. The maximum Gasteiger partial charge on any atom is 0.0198 e. The molecule has 2 fully saturated rings. The minimum absolute atomic E-state index is 0.760. The fraction of sp³-hybridized carbons (Fsp3) is 1.00. The van der Waals surface area contributed by atoms with Gasteiger partial charge < -0.3 is 10.2 Å². The van der Waals surface area contributed by atoms with Gasteiger partial charge in [0.15, 0.2) is 0 Å². The third-order valence-corrected chi connectivity index (χ3v) is 4.73. The van der Waals surface area contributed by atoms with Crippen LogP contribution in [-0.2, 0) is 0 Å². The molecule has 0 bridgehead atoms. The SMILES string of the molecule is CCCNC1CC(CCC)CN(CC2CCC2)C1. The summed E-state index contributed by atoms with van der Waals surface area (Å²) in [6.07, 6.45) is 9.90. The number of piperidine rings is 1. The molecule has 0 aromatic carbocycles. The molecule has 1 heterocycles. The molecule has 2 atom stereocenters. The van der Waals surface area contributed by atoms with Crippen molar-refractivity contribution in [2.45, 2.75) is 64.8 Å². The zero-order valence-corrected chi connectivity index (χ0v) is 12.5. The number of likely N-dealkylation sites (tertiary alicyclic amines) is 1. The molecule has 2 nitrogen and oxygen atoms in total. The molecule has 1 aliphatic carbocycles. The molecule has 2 rings (SSSR count). The van der Waals surface area contributed by atoms with E-state index in [0.29, 0.717) is 0 Å². The van der Waals surface area contributed by atoms with Crippen molar-refractivity contribution in [3.63, 3.8) is 0 Å². The molecule has 1 aliphatic heterocycles. The van der Waals surface area contributed by atoms with E-state index in [-0.39, 0.29) is 0 Å². The van der Waals surface area contributed by atoms with E-state index in [1.165, 1.54) is 71.1 Å². The maximum atomic E-state index is 3.76. The van der Waals surface area contributed by atoms with Crippen LogP contribution >= 0.6 is 0 Å². The first-order valence-corrected chi connectivity index (χ1v) is 8.27. The lowest BCUT2D eigenvalue weighted by Crippen LogP contribution is -2.51. The van der Waals surface area contributed by atoms with Gasteiger partial charge in [-0.25, -0.2) is 0 Å². The van der Waals surface area contributed by atoms with E-state index in [0.717, 1.165) is 17.9 Å². The summed E-state index contributed by atoms with van der Waals surface area (Å²) in [5, 5.41) is 3.76. The molecule has 0 spiro atoms. The molecule has 1 saturated heterocycles. The Labute approximate surface area is 114 Å². The average Bonchev–Trinajstić information content (AvgIpc) is 2.32. The van der Waals surface area contributed by atoms with E-state index >= 15 is 0 Å². The lowest BCUT2D eigenvalue weighted by atomic mass is 9.83. The van der Waals surface area contributed by atoms with Gasteiger partial charge in [0.2, 0.25) is 0 Å². The summed E-state index contributed by atoms with van der Waals surface area (Å²) < 4.78 is 0. The Morgan fingerprint density at radius 1 is 1.06 bits per heavy atom. The smallest absolute Gasteiger partial charge is 0.0198 e. The molecular weight excluding hydrogens is 220 g/mol. The van der Waals surface area contributed by atoms with E-state index < -0.39 is 0 Å². The first kappa shape index (κ1) is 14.3. The van der Waals surface area contributed by atoms with Crippen molar-refractivity contribution in [1.29, 1.82) is 0 Å². The van der Waals surface area contributed by atoms with Crippen LogP contribution < -0.4 is 5.32 Å². The minimum atomic E-state index is 0.760. The molecule has 0 radical (unpaired) electrons. The first-order chi connectivity index (χ1) is 8.81. The predicted molar refractivity (Wildman–Crippen MR) is 78.9 cm³/mol. The molecule has 2 unspecified atom stereocenters. The Hall–Kier alpha value is -0.0800. The van der Waals surface area contributed by atoms with Gasteiger partial charge in [-0.3, -0.25) is 0 Å². The van der Waals surface area contributed by atoms with Gasteiger partial charge in [-0.1, -0.05) is 26.7 Å². The monoisotopic (exact) mass is 252 g/mol. The van der Waals surface area contributed by atoms with E-state index in [4.69, 9.17) is 0 Å². The second-order valence-electron chi connectivity index (χ2n) is 6.56. The van der Waals surface area contributed by atoms with Gasteiger partial charge in [0.1, 0.15) is 0 Å². The van der Waals surface area contributed by atoms with Crippen molar-refractivity contribution < 1.29 is 0 Å². The second-order valence-corrected chi connectivity index (χ2v) is 6.56. The molecule has 0 aromatic heterocycles. The second kappa shape index (κ2) is 7.49. The summed E-state index contributed by atoms with van der Waals surface area (Å²) >= 11 is 0. The van der Waals surface area contributed by atoms with E-state index in [2.05, 4.69) is 24.1 Å². The summed E-state index contributed by atoms with van der Waals surface area (Å²) in [5.41, 5.74) is 0. The standard InChI is InChI=1S/C16H32N2/c1-3-6-15-10-16(17-9-4-2)13-18(12-15)11-14-7-5-8-14/h14-17H,3-13H2,1-2H3. The van der Waals surface area contributed by atoms with E-state index in [9.17, 15) is 0 Å². The highest BCUT2D eigenvalue weighted by Crippen LogP contribution is 2.29. The van der Waals surface area contributed by atoms with Crippen LogP contribution in [0.4, 0.5) is 0 Å². The van der Waals surface area contributed by atoms with Crippen LogP contribution in [-0.4, -0.2) is 37.1 Å². The van der Waals surface area contributed by atoms with E-state index in [1.807, 2.05) is 0 Å². The fourth-order valence-corrected chi connectivity index (χ4v) is 3.61. The Morgan fingerprint density at radius 3 is 2.50 bits per heavy atom. The summed E-state index contributed by atoms with van der Waals surface area (Å²) in [4.78, 5) is 2.76. The van der Waals surface area contributed by atoms with Gasteiger partial charge in [0, 0.05) is 25.7 Å². The number of hydrogen-bond acceptors (Lipinski definition) is 2. The fourth-order valence-electron chi connectivity index (χ4n) is 3.61. The van der Waals surface area contributed by atoms with Gasteiger partial charge in [-0.2, -0.15) is 0 Å². The van der Waals surface area contributed by atoms with Crippen molar-refractivity contribution in [2.75, 3.05) is 26.2 Å². The lowest BCUT2D eigenvalue weighted by molar-refractivity contribution is 0.0985. The Balaban J connectivity index is 1.79. The van der Waals surface area contributed by atoms with Crippen molar-refractivity contribution in [3.05, 3.63) is 0 Å². The molecular formula is C16H32N2. The number of rotatable bonds is 7. The third-order valence-electron chi connectivity index (χ3n) is 4.73. The first-order valence-electron chi connectivity index (χ1n) is 8.27. The predicted octanol–water partition coefficient (Wildman–Crippen LogP) is 3.28. The van der Waals surface area contributed by atoms with Crippen molar-refractivity contribution in [2.24, 2.45) is 11.8 Å². The van der Waals surface area contributed by atoms with Gasteiger partial charge in [-0.05, 0) is 50.5 Å².